The molecule has 0 heterocycles. The van der Waals surface area contributed by atoms with Crippen molar-refractivity contribution in [3.05, 3.63) is 24.3 Å². The summed E-state index contributed by atoms with van der Waals surface area (Å²) in [6.45, 7) is 0.317. The molecule has 20 heavy (non-hydrogen) atoms. The van der Waals surface area contributed by atoms with E-state index in [2.05, 4.69) is 5.32 Å². The van der Waals surface area contributed by atoms with E-state index in [0.717, 1.165) is 12.1 Å². The van der Waals surface area contributed by atoms with E-state index < -0.39 is 26.2 Å². The number of alkyl halides is 3. The monoisotopic (exact) mass is 311 g/mol. The van der Waals surface area contributed by atoms with Crippen molar-refractivity contribution < 1.29 is 31.5 Å². The molecule has 112 valence electrons. The van der Waals surface area contributed by atoms with Crippen LogP contribution < -0.4 is 5.32 Å². The van der Waals surface area contributed by atoms with Gasteiger partial charge < -0.3 is 10.4 Å². The summed E-state index contributed by atoms with van der Waals surface area (Å²) in [4.78, 5) is 9.43. The Balaban J connectivity index is 2.68. The molecule has 0 radical (unpaired) electrons. The number of hydrogen-bond donors (Lipinski definition) is 2. The van der Waals surface area contributed by atoms with E-state index in [1.165, 1.54) is 12.1 Å². The first-order chi connectivity index (χ1) is 9.14. The fraction of sp³-hybridized carbons (Fsp3) is 0.364. The molecule has 0 spiro atoms. The molecule has 0 aliphatic heterocycles. The molecule has 0 saturated carbocycles. The van der Waals surface area contributed by atoms with Gasteiger partial charge in [0.15, 0.2) is 0 Å². The average molecular weight is 311 g/mol. The van der Waals surface area contributed by atoms with E-state index >= 15 is 0 Å². The highest BCUT2D eigenvalue weighted by Gasteiger charge is 2.46. The minimum atomic E-state index is -5.34. The highest BCUT2D eigenvalue weighted by Crippen LogP contribution is 2.30. The molecule has 9 heteroatoms. The molecule has 1 aromatic carbocycles. The number of anilines is 1. The molecular weight excluding hydrogens is 299 g/mol. The molecule has 0 amide bonds. The molecular formula is C11H12F3NO4S. The fourth-order valence-electron chi connectivity index (χ4n) is 1.36. The van der Waals surface area contributed by atoms with Gasteiger partial charge in [0.2, 0.25) is 0 Å². The van der Waals surface area contributed by atoms with Gasteiger partial charge in [0.25, 0.3) is 9.84 Å². The lowest BCUT2D eigenvalue weighted by Gasteiger charge is -2.09. The molecule has 0 aliphatic rings. The summed E-state index contributed by atoms with van der Waals surface area (Å²) in [5.74, 6) is -0.946. The summed E-state index contributed by atoms with van der Waals surface area (Å²) in [6, 6.07) is 4.09. The van der Waals surface area contributed by atoms with E-state index in [-0.39, 0.29) is 6.42 Å². The highest BCUT2D eigenvalue weighted by atomic mass is 32.2. The van der Waals surface area contributed by atoms with Crippen molar-refractivity contribution in [2.24, 2.45) is 0 Å². The number of hydrogen-bond acceptors (Lipinski definition) is 4. The van der Waals surface area contributed by atoms with Gasteiger partial charge in [0.05, 0.1) is 4.90 Å². The molecule has 5 nitrogen and oxygen atoms in total. The average Bonchev–Trinajstić information content (AvgIpc) is 2.33. The molecule has 1 aromatic rings. The van der Waals surface area contributed by atoms with Gasteiger partial charge in [-0.3, -0.25) is 4.79 Å². The molecule has 0 bridgehead atoms. The first-order valence-corrected chi connectivity index (χ1v) is 7.00. The number of benzene rings is 1. The minimum Gasteiger partial charge on any atom is -0.481 e. The van der Waals surface area contributed by atoms with Crippen LogP contribution in [0, 0.1) is 0 Å². The number of rotatable bonds is 6. The number of nitrogens with one attached hydrogen (secondary N) is 1. The molecule has 2 N–H and O–H groups in total. The van der Waals surface area contributed by atoms with E-state index in [1.807, 2.05) is 0 Å². The van der Waals surface area contributed by atoms with Crippen molar-refractivity contribution in [3.8, 4) is 0 Å². The van der Waals surface area contributed by atoms with Crippen molar-refractivity contribution in [2.75, 3.05) is 11.9 Å². The first-order valence-electron chi connectivity index (χ1n) is 5.51. The Morgan fingerprint density at radius 2 is 1.75 bits per heavy atom. The molecule has 0 fully saturated rings. The number of carboxylic acid groups (broad SMARTS) is 1. The lowest BCUT2D eigenvalue weighted by atomic mass is 10.3. The third-order valence-corrected chi connectivity index (χ3v) is 3.87. The Labute approximate surface area is 113 Å². The standard InChI is InChI=1S/C11H12F3NO4S/c12-11(13,14)20(18,19)9-5-3-8(4-6-9)15-7-1-2-10(16)17/h3-6,15H,1-2,7H2,(H,16,17). The largest absolute Gasteiger partial charge is 0.501 e. The minimum absolute atomic E-state index is 0.0342. The van der Waals surface area contributed by atoms with Crippen molar-refractivity contribution in [3.63, 3.8) is 0 Å². The zero-order chi connectivity index (χ0) is 15.4. The first kappa shape index (κ1) is 16.3. The fourth-order valence-corrected chi connectivity index (χ4v) is 2.12. The summed E-state index contributed by atoms with van der Waals surface area (Å²) in [6.07, 6.45) is 0.311. The van der Waals surface area contributed by atoms with Crippen LogP contribution in [-0.2, 0) is 14.6 Å². The third-order valence-electron chi connectivity index (χ3n) is 2.37. The third kappa shape index (κ3) is 4.12. The predicted octanol–water partition coefficient (Wildman–Crippen LogP) is 2.26. The molecule has 0 saturated heterocycles. The van der Waals surface area contributed by atoms with E-state index in [9.17, 15) is 26.4 Å². The summed E-state index contributed by atoms with van der Waals surface area (Å²) < 4.78 is 59.0. The number of halogens is 3. The maximum atomic E-state index is 12.3. The maximum absolute atomic E-state index is 12.3. The van der Waals surface area contributed by atoms with Crippen molar-refractivity contribution in [1.82, 2.24) is 0 Å². The summed E-state index contributed by atoms with van der Waals surface area (Å²) in [7, 11) is -5.34. The van der Waals surface area contributed by atoms with Crippen LogP contribution in [0.25, 0.3) is 0 Å². The lowest BCUT2D eigenvalue weighted by Crippen LogP contribution is -2.23. The van der Waals surface area contributed by atoms with Crippen LogP contribution in [0.5, 0.6) is 0 Å². The van der Waals surface area contributed by atoms with Gasteiger partial charge in [-0.25, -0.2) is 8.42 Å². The summed E-state index contributed by atoms with van der Waals surface area (Å²) in [5.41, 5.74) is -4.92. The summed E-state index contributed by atoms with van der Waals surface area (Å²) in [5, 5.41) is 11.2. The predicted molar refractivity (Wildman–Crippen MR) is 65.0 cm³/mol. The van der Waals surface area contributed by atoms with Gasteiger partial charge in [-0.2, -0.15) is 13.2 Å². The van der Waals surface area contributed by atoms with Gasteiger partial charge in [-0.1, -0.05) is 0 Å². The Kier molecular flexibility index (Phi) is 4.98. The Bertz CT molecular complexity index is 566. The SMILES string of the molecule is O=C(O)CCCNc1ccc(S(=O)(=O)C(F)(F)F)cc1. The van der Waals surface area contributed by atoms with Gasteiger partial charge in [0, 0.05) is 18.7 Å². The van der Waals surface area contributed by atoms with Crippen LogP contribution in [0.3, 0.4) is 0 Å². The second-order valence-electron chi connectivity index (χ2n) is 3.90. The second kappa shape index (κ2) is 6.12. The number of carbonyl (C=O) groups is 1. The quantitative estimate of drug-likeness (QED) is 0.787. The van der Waals surface area contributed by atoms with Crippen LogP contribution in [0.2, 0.25) is 0 Å². The summed E-state index contributed by atoms with van der Waals surface area (Å²) >= 11 is 0. The number of sulfone groups is 1. The molecule has 0 unspecified atom stereocenters. The number of aliphatic carboxylic acids is 1. The van der Waals surface area contributed by atoms with Crippen LogP contribution in [0.4, 0.5) is 18.9 Å². The van der Waals surface area contributed by atoms with Gasteiger partial charge >= 0.3 is 11.5 Å². The zero-order valence-electron chi connectivity index (χ0n) is 10.1. The van der Waals surface area contributed by atoms with Crippen molar-refractivity contribution >= 4 is 21.5 Å². The maximum Gasteiger partial charge on any atom is 0.501 e. The van der Waals surface area contributed by atoms with Gasteiger partial charge in [-0.05, 0) is 30.7 Å². The van der Waals surface area contributed by atoms with Crippen molar-refractivity contribution in [1.29, 1.82) is 0 Å². The zero-order valence-corrected chi connectivity index (χ0v) is 11.0. The normalized spacial score (nSPS) is 12.2. The second-order valence-corrected chi connectivity index (χ2v) is 5.84. The lowest BCUT2D eigenvalue weighted by molar-refractivity contribution is -0.137. The Morgan fingerprint density at radius 1 is 1.20 bits per heavy atom. The Hall–Kier alpha value is -1.77. The van der Waals surface area contributed by atoms with Crippen molar-refractivity contribution in [2.45, 2.75) is 23.2 Å². The van der Waals surface area contributed by atoms with Crippen LogP contribution in [0.1, 0.15) is 12.8 Å². The molecule has 0 atom stereocenters. The topological polar surface area (TPSA) is 83.5 Å². The highest BCUT2D eigenvalue weighted by molar-refractivity contribution is 7.92. The van der Waals surface area contributed by atoms with E-state index in [4.69, 9.17) is 5.11 Å². The molecule has 1 rings (SSSR count). The van der Waals surface area contributed by atoms with Crippen LogP contribution >= 0.6 is 0 Å². The van der Waals surface area contributed by atoms with Crippen LogP contribution in [0.15, 0.2) is 29.2 Å². The van der Waals surface area contributed by atoms with E-state index in [1.54, 1.807) is 0 Å². The number of carboxylic acids is 1. The molecule has 0 aliphatic carbocycles. The smallest absolute Gasteiger partial charge is 0.481 e. The van der Waals surface area contributed by atoms with Gasteiger partial charge in [-0.15, -0.1) is 0 Å². The van der Waals surface area contributed by atoms with E-state index in [0.29, 0.717) is 18.7 Å². The van der Waals surface area contributed by atoms with Crippen LogP contribution in [-0.4, -0.2) is 31.5 Å². The van der Waals surface area contributed by atoms with Gasteiger partial charge in [0.1, 0.15) is 0 Å². The Morgan fingerprint density at radius 3 is 2.20 bits per heavy atom. The molecule has 0 aromatic heterocycles.